The minimum atomic E-state index is 0.781. The second-order valence-electron chi connectivity index (χ2n) is 7.23. The van der Waals surface area contributed by atoms with Gasteiger partial charge in [0.15, 0.2) is 0 Å². The topological polar surface area (TPSA) is 89.5 Å². The molecular weight excluding hydrogens is 382 g/mol. The molecule has 0 bridgehead atoms. The summed E-state index contributed by atoms with van der Waals surface area (Å²) in [5.74, 6) is 0.825. The van der Waals surface area contributed by atoms with Crippen molar-refractivity contribution in [3.05, 3.63) is 49.3 Å². The normalized spacial score (nSPS) is 15.0. The van der Waals surface area contributed by atoms with Crippen LogP contribution in [0.5, 0.6) is 5.75 Å². The van der Waals surface area contributed by atoms with Crippen molar-refractivity contribution >= 4 is 11.3 Å². The highest BCUT2D eigenvalue weighted by Gasteiger charge is 2.21. The summed E-state index contributed by atoms with van der Waals surface area (Å²) in [7, 11) is 1.67. The van der Waals surface area contributed by atoms with Gasteiger partial charge in [-0.15, -0.1) is 10.2 Å². The molecule has 0 N–H and O–H groups in total. The van der Waals surface area contributed by atoms with Crippen molar-refractivity contribution in [3.63, 3.8) is 0 Å². The van der Waals surface area contributed by atoms with E-state index in [1.54, 1.807) is 30.6 Å². The monoisotopic (exact) mass is 405 g/mol. The summed E-state index contributed by atoms with van der Waals surface area (Å²) < 4.78 is 8.89. The van der Waals surface area contributed by atoms with E-state index in [4.69, 9.17) is 4.74 Å². The molecule has 0 aliphatic carbocycles. The van der Waals surface area contributed by atoms with Crippen LogP contribution in [0.4, 0.5) is 5.69 Å². The Morgan fingerprint density at radius 3 is 2.57 bits per heavy atom. The molecule has 5 rings (SSSR count). The molecule has 30 heavy (non-hydrogen) atoms. The second-order valence-corrected chi connectivity index (χ2v) is 7.23. The quantitative estimate of drug-likeness (QED) is 0.473. The van der Waals surface area contributed by atoms with Gasteiger partial charge >= 0.3 is 0 Å². The van der Waals surface area contributed by atoms with E-state index < -0.39 is 0 Å². The van der Waals surface area contributed by atoms with Crippen LogP contribution in [0.1, 0.15) is 0 Å². The molecule has 4 aromatic rings. The van der Waals surface area contributed by atoms with Gasteiger partial charge in [-0.3, -0.25) is 9.58 Å². The third-order valence-corrected chi connectivity index (χ3v) is 5.46. The predicted molar refractivity (Wildman–Crippen MR) is 111 cm³/mol. The molecule has 4 heterocycles. The Morgan fingerprint density at radius 2 is 1.83 bits per heavy atom. The van der Waals surface area contributed by atoms with Crippen LogP contribution in [0.15, 0.2) is 49.3 Å². The molecule has 10 heteroatoms. The molecule has 3 aromatic heterocycles. The first kappa shape index (κ1) is 18.5. The predicted octanol–water partition coefficient (Wildman–Crippen LogP) is 1.21. The lowest BCUT2D eigenvalue weighted by Crippen LogP contribution is -2.47. The summed E-state index contributed by atoms with van der Waals surface area (Å²) in [5.41, 5.74) is 3.75. The molecule has 1 fully saturated rings. The summed E-state index contributed by atoms with van der Waals surface area (Å²) in [5, 5.41) is 17.2. The molecule has 10 nitrogen and oxygen atoms in total. The van der Waals surface area contributed by atoms with Crippen molar-refractivity contribution in [1.29, 1.82) is 0 Å². The highest BCUT2D eigenvalue weighted by molar-refractivity contribution is 5.74. The number of hydrogen-bond donors (Lipinski definition) is 0. The third kappa shape index (κ3) is 3.69. The van der Waals surface area contributed by atoms with Crippen LogP contribution in [0.25, 0.3) is 16.9 Å². The number of fused-ring (bicyclic) bond motifs is 1. The number of rotatable bonds is 6. The van der Waals surface area contributed by atoms with E-state index in [0.717, 1.165) is 67.6 Å². The first-order valence-corrected chi connectivity index (χ1v) is 9.95. The molecule has 1 saturated heterocycles. The molecule has 0 spiro atoms. The number of nitrogens with zero attached hydrogens (tertiary/aromatic N) is 9. The summed E-state index contributed by atoms with van der Waals surface area (Å²) in [6.45, 7) is 5.62. The van der Waals surface area contributed by atoms with Crippen molar-refractivity contribution in [2.75, 3.05) is 44.7 Å². The van der Waals surface area contributed by atoms with Crippen molar-refractivity contribution in [2.45, 2.75) is 6.54 Å². The van der Waals surface area contributed by atoms with Gasteiger partial charge in [0.25, 0.3) is 0 Å². The first-order chi connectivity index (χ1) is 14.8. The maximum absolute atomic E-state index is 5.27. The molecule has 0 radical (unpaired) electrons. The Labute approximate surface area is 173 Å². The highest BCUT2D eigenvalue weighted by Crippen LogP contribution is 2.28. The molecule has 1 aromatic carbocycles. The van der Waals surface area contributed by atoms with Crippen LogP contribution in [-0.4, -0.2) is 79.3 Å². The highest BCUT2D eigenvalue weighted by atomic mass is 16.5. The molecule has 0 amide bonds. The van der Waals surface area contributed by atoms with Crippen LogP contribution in [0.3, 0.4) is 0 Å². The molecule has 1 aliphatic rings. The zero-order valence-corrected chi connectivity index (χ0v) is 16.8. The average Bonchev–Trinajstić information content (AvgIpc) is 3.49. The van der Waals surface area contributed by atoms with Crippen LogP contribution >= 0.6 is 0 Å². The number of benzene rings is 1. The lowest BCUT2D eigenvalue weighted by molar-refractivity contribution is 0.244. The Bertz CT molecular complexity index is 1100. The fraction of sp³-hybridized carbons (Fsp3) is 0.350. The fourth-order valence-electron chi connectivity index (χ4n) is 3.75. The van der Waals surface area contributed by atoms with E-state index in [2.05, 4.69) is 41.2 Å². The van der Waals surface area contributed by atoms with Crippen LogP contribution in [0, 0.1) is 0 Å². The summed E-state index contributed by atoms with van der Waals surface area (Å²) in [6, 6.07) is 10.0. The Kier molecular flexibility index (Phi) is 4.98. The van der Waals surface area contributed by atoms with Crippen LogP contribution in [-0.2, 0) is 6.54 Å². The number of anilines is 1. The van der Waals surface area contributed by atoms with E-state index >= 15 is 0 Å². The lowest BCUT2D eigenvalue weighted by Gasteiger charge is -2.36. The van der Waals surface area contributed by atoms with Crippen LogP contribution < -0.4 is 9.64 Å². The van der Waals surface area contributed by atoms with Gasteiger partial charge < -0.3 is 9.64 Å². The van der Waals surface area contributed by atoms with Gasteiger partial charge in [0.2, 0.25) is 5.65 Å². The van der Waals surface area contributed by atoms with E-state index in [1.807, 2.05) is 28.9 Å². The third-order valence-electron chi connectivity index (χ3n) is 5.46. The van der Waals surface area contributed by atoms with Gasteiger partial charge in [-0.05, 0) is 30.3 Å². The molecule has 1 aliphatic heterocycles. The van der Waals surface area contributed by atoms with Crippen molar-refractivity contribution < 1.29 is 4.74 Å². The number of aromatic nitrogens is 7. The van der Waals surface area contributed by atoms with E-state index in [-0.39, 0.29) is 0 Å². The SMILES string of the molecule is COc1ccc(-c2cc(N3CCN(CCn4cncn4)CC3)c3nncn3n2)cc1. The van der Waals surface area contributed by atoms with Gasteiger partial charge in [0.05, 0.1) is 25.0 Å². The summed E-state index contributed by atoms with van der Waals surface area (Å²) >= 11 is 0. The molecule has 0 atom stereocenters. The van der Waals surface area contributed by atoms with Gasteiger partial charge in [-0.1, -0.05) is 0 Å². The molecule has 154 valence electrons. The standard InChI is InChI=1S/C20H23N9O/c1-30-17-4-2-16(3-5-17)18-12-19(20-24-22-15-29(20)25-18)27-9-6-26(7-10-27)8-11-28-14-21-13-23-28/h2-5,12-15H,6-11H2,1H3. The summed E-state index contributed by atoms with van der Waals surface area (Å²) in [6.07, 6.45) is 4.99. The largest absolute Gasteiger partial charge is 0.497 e. The van der Waals surface area contributed by atoms with Crippen LogP contribution in [0.2, 0.25) is 0 Å². The van der Waals surface area contributed by atoms with Gasteiger partial charge in [0.1, 0.15) is 24.7 Å². The smallest absolute Gasteiger partial charge is 0.200 e. The number of piperazine rings is 1. The fourth-order valence-corrected chi connectivity index (χ4v) is 3.75. The van der Waals surface area contributed by atoms with E-state index in [9.17, 15) is 0 Å². The van der Waals surface area contributed by atoms with E-state index in [0.29, 0.717) is 0 Å². The Morgan fingerprint density at radius 1 is 1.00 bits per heavy atom. The Hall–Kier alpha value is -3.53. The van der Waals surface area contributed by atoms with Gasteiger partial charge in [0, 0.05) is 38.3 Å². The maximum Gasteiger partial charge on any atom is 0.200 e. The first-order valence-electron chi connectivity index (χ1n) is 9.95. The zero-order chi connectivity index (χ0) is 20.3. The maximum atomic E-state index is 5.27. The molecular formula is C20H23N9O. The molecule has 0 unspecified atom stereocenters. The minimum absolute atomic E-state index is 0.781. The minimum Gasteiger partial charge on any atom is -0.497 e. The second kappa shape index (κ2) is 8.07. The number of ether oxygens (including phenoxy) is 1. The zero-order valence-electron chi connectivity index (χ0n) is 16.8. The Balaban J connectivity index is 1.34. The van der Waals surface area contributed by atoms with Crippen molar-refractivity contribution in [3.8, 4) is 17.0 Å². The van der Waals surface area contributed by atoms with Crippen molar-refractivity contribution in [2.24, 2.45) is 0 Å². The van der Waals surface area contributed by atoms with Gasteiger partial charge in [-0.25, -0.2) is 4.98 Å². The lowest BCUT2D eigenvalue weighted by atomic mass is 10.1. The van der Waals surface area contributed by atoms with E-state index in [1.165, 1.54) is 0 Å². The van der Waals surface area contributed by atoms with Crippen molar-refractivity contribution in [1.82, 2.24) is 39.5 Å². The number of hydrogen-bond acceptors (Lipinski definition) is 8. The molecule has 0 saturated carbocycles. The average molecular weight is 405 g/mol. The van der Waals surface area contributed by atoms with Gasteiger partial charge in [-0.2, -0.15) is 14.7 Å². The number of methoxy groups -OCH3 is 1. The summed E-state index contributed by atoms with van der Waals surface area (Å²) in [4.78, 5) is 8.82.